The lowest BCUT2D eigenvalue weighted by atomic mass is 10.1. The topological polar surface area (TPSA) is 58.2 Å². The van der Waals surface area contributed by atoms with E-state index in [0.29, 0.717) is 10.6 Å². The molecule has 0 fully saturated rings. The summed E-state index contributed by atoms with van der Waals surface area (Å²) < 4.78 is 0.845. The Morgan fingerprint density at radius 1 is 1.13 bits per heavy atom. The Labute approximate surface area is 153 Å². The van der Waals surface area contributed by atoms with Gasteiger partial charge in [0.2, 0.25) is 5.91 Å². The minimum atomic E-state index is -0.260. The molecule has 2 amide bonds. The van der Waals surface area contributed by atoms with Gasteiger partial charge in [-0.2, -0.15) is 0 Å². The Morgan fingerprint density at radius 2 is 1.78 bits per heavy atom. The number of benzene rings is 2. The van der Waals surface area contributed by atoms with E-state index >= 15 is 0 Å². The summed E-state index contributed by atoms with van der Waals surface area (Å²) in [5, 5.41) is 6.12. The summed E-state index contributed by atoms with van der Waals surface area (Å²) in [5.41, 5.74) is 1.51. The monoisotopic (exact) mass is 442 g/mol. The average Bonchev–Trinajstić information content (AvgIpc) is 2.53. The summed E-state index contributed by atoms with van der Waals surface area (Å²) >= 11 is 7.93. The van der Waals surface area contributed by atoms with Crippen LogP contribution in [-0.2, 0) is 4.79 Å². The van der Waals surface area contributed by atoms with E-state index in [-0.39, 0.29) is 24.4 Å². The van der Waals surface area contributed by atoms with Crippen LogP contribution in [0.2, 0.25) is 5.02 Å². The van der Waals surface area contributed by atoms with Crippen molar-refractivity contribution in [3.05, 3.63) is 68.3 Å². The molecule has 0 radical (unpaired) electrons. The molecule has 2 aromatic carbocycles. The number of halogens is 2. The molecule has 0 saturated carbocycles. The highest BCUT2D eigenvalue weighted by molar-refractivity contribution is 14.1. The first-order chi connectivity index (χ1) is 11.0. The van der Waals surface area contributed by atoms with E-state index < -0.39 is 0 Å². The van der Waals surface area contributed by atoms with Crippen molar-refractivity contribution in [2.24, 2.45) is 0 Å². The fraction of sp³-hybridized carbons (Fsp3) is 0.176. The summed E-state index contributed by atoms with van der Waals surface area (Å²) in [5.74, 6) is -0.504. The molecule has 23 heavy (non-hydrogen) atoms. The first kappa shape index (κ1) is 17.7. The molecular weight excluding hydrogens is 427 g/mol. The zero-order chi connectivity index (χ0) is 16.8. The van der Waals surface area contributed by atoms with Crippen LogP contribution in [0, 0.1) is 3.57 Å². The second kappa shape index (κ2) is 8.31. The van der Waals surface area contributed by atoms with Gasteiger partial charge in [-0.25, -0.2) is 0 Å². The molecule has 0 aliphatic carbocycles. The zero-order valence-corrected chi connectivity index (χ0v) is 15.4. The predicted octanol–water partition coefficient (Wildman–Crippen LogP) is 3.55. The molecule has 0 saturated heterocycles. The summed E-state index contributed by atoms with van der Waals surface area (Å²) in [6, 6.07) is 14.3. The van der Waals surface area contributed by atoms with Crippen molar-refractivity contribution < 1.29 is 9.59 Å². The van der Waals surface area contributed by atoms with Crippen molar-refractivity contribution in [3.8, 4) is 0 Å². The molecule has 6 heteroatoms. The number of amides is 2. The molecule has 2 aromatic rings. The highest BCUT2D eigenvalue weighted by Crippen LogP contribution is 2.16. The molecule has 0 bridgehead atoms. The van der Waals surface area contributed by atoms with Crippen LogP contribution in [0.25, 0.3) is 0 Å². The van der Waals surface area contributed by atoms with E-state index in [1.54, 1.807) is 24.3 Å². The van der Waals surface area contributed by atoms with Crippen LogP contribution in [0.3, 0.4) is 0 Å². The van der Waals surface area contributed by atoms with Gasteiger partial charge in [0.15, 0.2) is 0 Å². The van der Waals surface area contributed by atoms with Crippen molar-refractivity contribution in [3.63, 3.8) is 0 Å². The van der Waals surface area contributed by atoms with Gasteiger partial charge in [0.1, 0.15) is 0 Å². The maximum absolute atomic E-state index is 12.1. The molecule has 120 valence electrons. The molecule has 0 heterocycles. The van der Waals surface area contributed by atoms with Gasteiger partial charge >= 0.3 is 0 Å². The molecule has 0 aliphatic heterocycles. The quantitative estimate of drug-likeness (QED) is 0.696. The van der Waals surface area contributed by atoms with Gasteiger partial charge in [0, 0.05) is 8.59 Å². The normalized spacial score (nSPS) is 11.6. The Balaban J connectivity index is 1.86. The zero-order valence-electron chi connectivity index (χ0n) is 12.5. The number of hydrogen-bond acceptors (Lipinski definition) is 2. The van der Waals surface area contributed by atoms with Crippen molar-refractivity contribution in [1.82, 2.24) is 10.6 Å². The Kier molecular flexibility index (Phi) is 6.41. The molecule has 1 atom stereocenters. The highest BCUT2D eigenvalue weighted by atomic mass is 127. The van der Waals surface area contributed by atoms with Crippen molar-refractivity contribution in [2.75, 3.05) is 6.54 Å². The lowest BCUT2D eigenvalue weighted by molar-refractivity contribution is -0.120. The van der Waals surface area contributed by atoms with Crippen LogP contribution in [0.15, 0.2) is 48.5 Å². The SMILES string of the molecule is CC(NC(=O)CNC(=O)c1ccccc1I)c1ccc(Cl)cc1. The lowest BCUT2D eigenvalue weighted by Gasteiger charge is -2.15. The van der Waals surface area contributed by atoms with Crippen LogP contribution < -0.4 is 10.6 Å². The first-order valence-corrected chi connectivity index (χ1v) is 8.50. The van der Waals surface area contributed by atoms with E-state index in [1.165, 1.54) is 0 Å². The third-order valence-electron chi connectivity index (χ3n) is 3.28. The van der Waals surface area contributed by atoms with Gasteiger partial charge in [0.05, 0.1) is 18.2 Å². The van der Waals surface area contributed by atoms with Gasteiger partial charge in [-0.05, 0) is 59.3 Å². The molecular formula is C17H16ClIN2O2. The second-order valence-corrected chi connectivity index (χ2v) is 6.60. The smallest absolute Gasteiger partial charge is 0.252 e. The second-order valence-electron chi connectivity index (χ2n) is 5.00. The summed E-state index contributed by atoms with van der Waals surface area (Å²) in [6.07, 6.45) is 0. The number of hydrogen-bond donors (Lipinski definition) is 2. The number of carbonyl (C=O) groups is 2. The molecule has 0 aromatic heterocycles. The van der Waals surface area contributed by atoms with Crippen molar-refractivity contribution >= 4 is 46.0 Å². The minimum Gasteiger partial charge on any atom is -0.348 e. The minimum absolute atomic E-state index is 0.0677. The fourth-order valence-corrected chi connectivity index (χ4v) is 2.79. The summed E-state index contributed by atoms with van der Waals surface area (Å²) in [7, 11) is 0. The van der Waals surface area contributed by atoms with Gasteiger partial charge in [0.25, 0.3) is 5.91 Å². The molecule has 2 N–H and O–H groups in total. The summed E-state index contributed by atoms with van der Waals surface area (Å²) in [6.45, 7) is 1.81. The van der Waals surface area contributed by atoms with Crippen LogP contribution in [-0.4, -0.2) is 18.4 Å². The van der Waals surface area contributed by atoms with E-state index in [9.17, 15) is 9.59 Å². The first-order valence-electron chi connectivity index (χ1n) is 7.05. The average molecular weight is 443 g/mol. The van der Waals surface area contributed by atoms with E-state index in [1.807, 2.05) is 31.2 Å². The number of nitrogens with one attached hydrogen (secondary N) is 2. The van der Waals surface area contributed by atoms with Gasteiger partial charge in [-0.1, -0.05) is 35.9 Å². The van der Waals surface area contributed by atoms with Crippen LogP contribution in [0.4, 0.5) is 0 Å². The molecule has 2 rings (SSSR count). The fourth-order valence-electron chi connectivity index (χ4n) is 2.03. The maximum Gasteiger partial charge on any atom is 0.252 e. The van der Waals surface area contributed by atoms with Gasteiger partial charge in [-0.3, -0.25) is 9.59 Å². The molecule has 0 aliphatic rings. The summed E-state index contributed by atoms with van der Waals surface area (Å²) in [4.78, 5) is 24.0. The Bertz CT molecular complexity index is 704. The van der Waals surface area contributed by atoms with Crippen molar-refractivity contribution in [2.45, 2.75) is 13.0 Å². The third-order valence-corrected chi connectivity index (χ3v) is 4.47. The van der Waals surface area contributed by atoms with Gasteiger partial charge in [-0.15, -0.1) is 0 Å². The van der Waals surface area contributed by atoms with E-state index in [0.717, 1.165) is 9.13 Å². The maximum atomic E-state index is 12.1. The van der Waals surface area contributed by atoms with Crippen LogP contribution >= 0.6 is 34.2 Å². The van der Waals surface area contributed by atoms with E-state index in [2.05, 4.69) is 33.2 Å². The Hall–Kier alpha value is -1.60. The highest BCUT2D eigenvalue weighted by Gasteiger charge is 2.13. The van der Waals surface area contributed by atoms with E-state index in [4.69, 9.17) is 11.6 Å². The molecule has 4 nitrogen and oxygen atoms in total. The molecule has 1 unspecified atom stereocenters. The predicted molar refractivity (Wildman–Crippen MR) is 99.5 cm³/mol. The lowest BCUT2D eigenvalue weighted by Crippen LogP contribution is -2.38. The third kappa shape index (κ3) is 5.21. The number of rotatable bonds is 5. The Morgan fingerprint density at radius 3 is 2.43 bits per heavy atom. The van der Waals surface area contributed by atoms with Gasteiger partial charge < -0.3 is 10.6 Å². The standard InChI is InChI=1S/C17H16ClIN2O2/c1-11(12-6-8-13(18)9-7-12)21-16(22)10-20-17(23)14-4-2-3-5-15(14)19/h2-9,11H,10H2,1H3,(H,20,23)(H,21,22). The van der Waals surface area contributed by atoms with Crippen LogP contribution in [0.1, 0.15) is 28.9 Å². The van der Waals surface area contributed by atoms with Crippen molar-refractivity contribution in [1.29, 1.82) is 0 Å². The molecule has 0 spiro atoms. The number of carbonyl (C=O) groups excluding carboxylic acids is 2. The largest absolute Gasteiger partial charge is 0.348 e. The van der Waals surface area contributed by atoms with Crippen LogP contribution in [0.5, 0.6) is 0 Å².